The van der Waals surface area contributed by atoms with Gasteiger partial charge in [0, 0.05) is 33.5 Å². The van der Waals surface area contributed by atoms with Crippen LogP contribution in [0.15, 0.2) is 24.3 Å². The van der Waals surface area contributed by atoms with Crippen LogP contribution < -0.4 is 4.74 Å². The molecule has 0 N–H and O–H groups in total. The number of methoxy groups -OCH3 is 2. The second-order valence-corrected chi connectivity index (χ2v) is 11.9. The Balaban J connectivity index is 1.44. The van der Waals surface area contributed by atoms with E-state index in [2.05, 4.69) is 0 Å². The molecule has 0 amide bonds. The number of esters is 3. The van der Waals surface area contributed by atoms with Gasteiger partial charge in [-0.15, -0.1) is 0 Å². The first-order valence-electron chi connectivity index (χ1n) is 13.4. The van der Waals surface area contributed by atoms with Crippen molar-refractivity contribution in [2.24, 2.45) is 11.3 Å². The lowest BCUT2D eigenvalue weighted by molar-refractivity contribution is -0.292. The van der Waals surface area contributed by atoms with E-state index in [9.17, 15) is 14.4 Å². The van der Waals surface area contributed by atoms with E-state index in [0.29, 0.717) is 44.3 Å². The third kappa shape index (κ3) is 6.56. The van der Waals surface area contributed by atoms with E-state index < -0.39 is 40.8 Å². The van der Waals surface area contributed by atoms with Gasteiger partial charge in [-0.3, -0.25) is 4.79 Å². The van der Waals surface area contributed by atoms with Crippen molar-refractivity contribution in [2.45, 2.75) is 82.5 Å². The maximum absolute atomic E-state index is 13.1. The minimum Gasteiger partial charge on any atom is -0.468 e. The van der Waals surface area contributed by atoms with Gasteiger partial charge in [0.05, 0.1) is 16.6 Å². The molecule has 4 fully saturated rings. The molecule has 10 heteroatoms. The topological polar surface area (TPSA) is 116 Å². The van der Waals surface area contributed by atoms with Gasteiger partial charge < -0.3 is 33.2 Å². The number of rotatable bonds is 13. The van der Waals surface area contributed by atoms with Crippen LogP contribution in [0.4, 0.5) is 0 Å². The van der Waals surface area contributed by atoms with E-state index in [0.717, 1.165) is 6.42 Å². The smallest absolute Gasteiger partial charge is 0.344 e. The molecule has 4 aliphatic carbocycles. The molecule has 0 aromatic heterocycles. The first-order valence-corrected chi connectivity index (χ1v) is 13.4. The van der Waals surface area contributed by atoms with Crippen LogP contribution in [0.3, 0.4) is 0 Å². The van der Waals surface area contributed by atoms with Crippen LogP contribution in [0, 0.1) is 11.3 Å². The molecule has 216 valence electrons. The SMILES string of the molecule is CCC(C)(C)C(=O)OC12CC3CC(OCOC)(CC(OC(=O)COC(=O)c4ccc(OCOC)cc4)(C3)C1)C2. The highest BCUT2D eigenvalue weighted by atomic mass is 16.7. The van der Waals surface area contributed by atoms with E-state index in [-0.39, 0.29) is 31.0 Å². The summed E-state index contributed by atoms with van der Waals surface area (Å²) in [6, 6.07) is 6.32. The van der Waals surface area contributed by atoms with Gasteiger partial charge in [-0.05, 0) is 69.7 Å². The Morgan fingerprint density at radius 1 is 0.872 bits per heavy atom. The number of carbonyl (C=O) groups excluding carboxylic acids is 3. The zero-order valence-corrected chi connectivity index (χ0v) is 23.5. The highest BCUT2D eigenvalue weighted by molar-refractivity contribution is 5.90. The molecule has 4 aliphatic rings. The fourth-order valence-corrected chi connectivity index (χ4v) is 6.52. The molecule has 1 aromatic rings. The van der Waals surface area contributed by atoms with E-state index in [1.165, 1.54) is 7.11 Å². The van der Waals surface area contributed by atoms with Gasteiger partial charge in [0.15, 0.2) is 13.4 Å². The number of hydrogen-bond donors (Lipinski definition) is 0. The third-order valence-electron chi connectivity index (χ3n) is 8.23. The van der Waals surface area contributed by atoms with Crippen LogP contribution in [0.25, 0.3) is 0 Å². The van der Waals surface area contributed by atoms with Gasteiger partial charge >= 0.3 is 17.9 Å². The summed E-state index contributed by atoms with van der Waals surface area (Å²) >= 11 is 0. The molecule has 1 aromatic carbocycles. The van der Waals surface area contributed by atoms with Crippen molar-refractivity contribution >= 4 is 17.9 Å². The second kappa shape index (κ2) is 11.4. The highest BCUT2D eigenvalue weighted by Crippen LogP contribution is 2.63. The lowest BCUT2D eigenvalue weighted by Gasteiger charge is -2.64. The molecule has 39 heavy (non-hydrogen) atoms. The average molecular weight is 549 g/mol. The molecule has 4 unspecified atom stereocenters. The van der Waals surface area contributed by atoms with E-state index in [4.69, 9.17) is 33.2 Å². The van der Waals surface area contributed by atoms with Crippen LogP contribution in [0.1, 0.15) is 76.1 Å². The summed E-state index contributed by atoms with van der Waals surface area (Å²) in [5.74, 6) is -0.866. The van der Waals surface area contributed by atoms with E-state index in [1.54, 1.807) is 31.4 Å². The standard InChI is InChI=1S/C29H40O10/c1-6-26(2,3)25(32)39-29-13-20-11-27(16-29,37-19-34-5)15-28(12-20,17-29)38-23(30)14-35-24(31)21-7-9-22(10-8-21)36-18-33-4/h7-10,20H,6,11-19H2,1-5H3. The summed E-state index contributed by atoms with van der Waals surface area (Å²) in [4.78, 5) is 38.6. The van der Waals surface area contributed by atoms with Gasteiger partial charge in [-0.1, -0.05) is 6.92 Å². The summed E-state index contributed by atoms with van der Waals surface area (Å²) in [5, 5.41) is 0. The monoisotopic (exact) mass is 548 g/mol. The van der Waals surface area contributed by atoms with Crippen molar-refractivity contribution < 1.29 is 47.5 Å². The van der Waals surface area contributed by atoms with Crippen molar-refractivity contribution in [3.8, 4) is 5.75 Å². The van der Waals surface area contributed by atoms with E-state index in [1.807, 2.05) is 20.8 Å². The maximum Gasteiger partial charge on any atom is 0.344 e. The molecule has 4 bridgehead atoms. The van der Waals surface area contributed by atoms with Crippen molar-refractivity contribution in [1.29, 1.82) is 0 Å². The summed E-state index contributed by atoms with van der Waals surface area (Å²) in [6.07, 6.45) is 4.17. The van der Waals surface area contributed by atoms with Crippen LogP contribution in [-0.4, -0.2) is 69.1 Å². The van der Waals surface area contributed by atoms with Crippen LogP contribution in [-0.2, 0) is 38.0 Å². The minimum absolute atomic E-state index is 0.0902. The van der Waals surface area contributed by atoms with E-state index >= 15 is 0 Å². The zero-order chi connectivity index (χ0) is 28.3. The maximum atomic E-state index is 13.1. The fraction of sp³-hybridized carbons (Fsp3) is 0.690. The fourth-order valence-electron chi connectivity index (χ4n) is 6.52. The van der Waals surface area contributed by atoms with Gasteiger partial charge in [0.2, 0.25) is 0 Å². The summed E-state index contributed by atoms with van der Waals surface area (Å²) < 4.78 is 39.1. The molecule has 0 radical (unpaired) electrons. The quantitative estimate of drug-likeness (QED) is 0.202. The van der Waals surface area contributed by atoms with Crippen LogP contribution >= 0.6 is 0 Å². The zero-order valence-electron chi connectivity index (χ0n) is 23.5. The first-order chi connectivity index (χ1) is 18.5. The lowest BCUT2D eigenvalue weighted by atomic mass is 9.50. The Labute approximate surface area is 229 Å². The summed E-state index contributed by atoms with van der Waals surface area (Å²) in [7, 11) is 3.07. The molecule has 4 saturated carbocycles. The summed E-state index contributed by atoms with van der Waals surface area (Å²) in [5.41, 5.74) is -2.65. The summed E-state index contributed by atoms with van der Waals surface area (Å²) in [6.45, 7) is 5.35. The Kier molecular flexibility index (Phi) is 8.58. The molecule has 10 nitrogen and oxygen atoms in total. The van der Waals surface area contributed by atoms with Crippen molar-refractivity contribution in [3.63, 3.8) is 0 Å². The van der Waals surface area contributed by atoms with Gasteiger partial charge in [-0.25, -0.2) is 9.59 Å². The second-order valence-electron chi connectivity index (χ2n) is 11.9. The van der Waals surface area contributed by atoms with Crippen LogP contribution in [0.5, 0.6) is 5.75 Å². The molecule has 0 heterocycles. The van der Waals surface area contributed by atoms with Crippen molar-refractivity contribution in [3.05, 3.63) is 29.8 Å². The number of hydrogen-bond acceptors (Lipinski definition) is 10. The van der Waals surface area contributed by atoms with Crippen molar-refractivity contribution in [1.82, 2.24) is 0 Å². The Morgan fingerprint density at radius 3 is 2.08 bits per heavy atom. The van der Waals surface area contributed by atoms with Gasteiger partial charge in [0.1, 0.15) is 23.7 Å². The highest BCUT2D eigenvalue weighted by Gasteiger charge is 2.67. The normalized spacial score (nSPS) is 29.1. The molecule has 4 atom stereocenters. The predicted octanol–water partition coefficient (Wildman–Crippen LogP) is 4.18. The van der Waals surface area contributed by atoms with Crippen LogP contribution in [0.2, 0.25) is 0 Å². The lowest BCUT2D eigenvalue weighted by Crippen LogP contribution is -2.69. The average Bonchev–Trinajstić information content (AvgIpc) is 2.88. The Hall–Kier alpha value is -2.69. The Morgan fingerprint density at radius 2 is 1.46 bits per heavy atom. The molecule has 0 saturated heterocycles. The Bertz CT molecular complexity index is 1050. The molecule has 5 rings (SSSR count). The first kappa shape index (κ1) is 29.3. The number of ether oxygens (including phenoxy) is 7. The molecular formula is C29H40O10. The van der Waals surface area contributed by atoms with Gasteiger partial charge in [0.25, 0.3) is 0 Å². The molecular weight excluding hydrogens is 508 g/mol. The largest absolute Gasteiger partial charge is 0.468 e. The minimum atomic E-state index is -0.881. The molecule has 0 aliphatic heterocycles. The number of benzene rings is 1. The van der Waals surface area contributed by atoms with Crippen molar-refractivity contribution in [2.75, 3.05) is 34.4 Å². The third-order valence-corrected chi connectivity index (χ3v) is 8.23. The predicted molar refractivity (Wildman–Crippen MR) is 138 cm³/mol. The van der Waals surface area contributed by atoms with Gasteiger partial charge in [-0.2, -0.15) is 0 Å². The molecule has 0 spiro atoms. The number of carbonyl (C=O) groups is 3.